The van der Waals surface area contributed by atoms with E-state index in [1.165, 1.54) is 0 Å². The number of amides is 1. The van der Waals surface area contributed by atoms with E-state index in [9.17, 15) is 4.79 Å². The van der Waals surface area contributed by atoms with E-state index >= 15 is 0 Å². The maximum Gasteiger partial charge on any atom is 0.246 e. The van der Waals surface area contributed by atoms with E-state index in [1.807, 2.05) is 26.8 Å². The monoisotopic (exact) mass is 141 g/mol. The molecule has 1 N–H and O–H groups in total. The van der Waals surface area contributed by atoms with Gasteiger partial charge in [-0.15, -0.1) is 0 Å². The molecule has 0 aliphatic rings. The quantitative estimate of drug-likeness (QED) is 0.592. The topological polar surface area (TPSA) is 29.1 Å². The van der Waals surface area contributed by atoms with Gasteiger partial charge < -0.3 is 5.32 Å². The lowest BCUT2D eigenvalue weighted by Crippen LogP contribution is -2.23. The van der Waals surface area contributed by atoms with Crippen molar-refractivity contribution >= 4 is 5.91 Å². The Labute approximate surface area is 62.3 Å². The average molecular weight is 141 g/mol. The Balaban J connectivity index is 3.82. The van der Waals surface area contributed by atoms with Gasteiger partial charge in [0.2, 0.25) is 5.91 Å². The molecule has 0 atom stereocenters. The van der Waals surface area contributed by atoms with Gasteiger partial charge in [-0.2, -0.15) is 0 Å². The third-order valence-corrected chi connectivity index (χ3v) is 1.21. The van der Waals surface area contributed by atoms with E-state index in [0.717, 1.165) is 12.0 Å². The molecule has 0 aromatic rings. The van der Waals surface area contributed by atoms with Crippen LogP contribution in [0.3, 0.4) is 0 Å². The minimum absolute atomic E-state index is 0.0457. The molecule has 0 rings (SSSR count). The number of allylic oxidation sites excluding steroid dienone is 1. The van der Waals surface area contributed by atoms with E-state index in [2.05, 4.69) is 5.32 Å². The van der Waals surface area contributed by atoms with Crippen LogP contribution in [0, 0.1) is 0 Å². The zero-order valence-corrected chi connectivity index (χ0v) is 6.90. The average Bonchev–Trinajstić information content (AvgIpc) is 1.89. The van der Waals surface area contributed by atoms with Crippen molar-refractivity contribution in [2.45, 2.75) is 27.2 Å². The highest BCUT2D eigenvalue weighted by molar-refractivity contribution is 5.92. The zero-order chi connectivity index (χ0) is 7.98. The van der Waals surface area contributed by atoms with E-state index in [0.29, 0.717) is 6.54 Å². The van der Waals surface area contributed by atoms with Crippen LogP contribution in [0.15, 0.2) is 11.6 Å². The highest BCUT2D eigenvalue weighted by atomic mass is 16.1. The van der Waals surface area contributed by atoms with Gasteiger partial charge in [-0.1, -0.05) is 13.0 Å². The SMILES string of the molecule is CC/C=C(\C)C(=O)NCC. The first-order valence-corrected chi connectivity index (χ1v) is 3.67. The van der Waals surface area contributed by atoms with E-state index < -0.39 is 0 Å². The van der Waals surface area contributed by atoms with Gasteiger partial charge in [0.25, 0.3) is 0 Å². The minimum atomic E-state index is 0.0457. The lowest BCUT2D eigenvalue weighted by atomic mass is 10.2. The highest BCUT2D eigenvalue weighted by Crippen LogP contribution is 1.93. The van der Waals surface area contributed by atoms with Crippen molar-refractivity contribution in [2.75, 3.05) is 6.54 Å². The molecule has 0 saturated carbocycles. The molecule has 0 unspecified atom stereocenters. The Morgan fingerprint density at radius 2 is 2.10 bits per heavy atom. The van der Waals surface area contributed by atoms with Crippen molar-refractivity contribution in [3.63, 3.8) is 0 Å². The molecule has 0 fully saturated rings. The van der Waals surface area contributed by atoms with Crippen LogP contribution in [0.2, 0.25) is 0 Å². The predicted molar refractivity (Wildman–Crippen MR) is 42.7 cm³/mol. The molecule has 1 amide bonds. The third-order valence-electron chi connectivity index (χ3n) is 1.21. The Bertz CT molecular complexity index is 138. The Kier molecular flexibility index (Phi) is 4.63. The Morgan fingerprint density at radius 3 is 2.50 bits per heavy atom. The van der Waals surface area contributed by atoms with Gasteiger partial charge in [0.05, 0.1) is 0 Å². The van der Waals surface area contributed by atoms with Crippen LogP contribution in [-0.4, -0.2) is 12.5 Å². The lowest BCUT2D eigenvalue weighted by Gasteiger charge is -1.99. The number of hydrogen-bond donors (Lipinski definition) is 1. The summed E-state index contributed by atoms with van der Waals surface area (Å²) < 4.78 is 0. The standard InChI is InChI=1S/C8H15NO/c1-4-6-7(3)8(10)9-5-2/h6H,4-5H2,1-3H3,(H,9,10)/b7-6+. The van der Waals surface area contributed by atoms with Crippen molar-refractivity contribution in [3.8, 4) is 0 Å². The molecular formula is C8H15NO. The van der Waals surface area contributed by atoms with E-state index in [1.54, 1.807) is 0 Å². The van der Waals surface area contributed by atoms with Crippen molar-refractivity contribution in [1.29, 1.82) is 0 Å². The first kappa shape index (κ1) is 9.21. The maximum absolute atomic E-state index is 11.0. The summed E-state index contributed by atoms with van der Waals surface area (Å²) >= 11 is 0. The number of hydrogen-bond acceptors (Lipinski definition) is 1. The van der Waals surface area contributed by atoms with Crippen LogP contribution in [0.4, 0.5) is 0 Å². The van der Waals surface area contributed by atoms with Gasteiger partial charge >= 0.3 is 0 Å². The summed E-state index contributed by atoms with van der Waals surface area (Å²) in [5, 5.41) is 2.72. The summed E-state index contributed by atoms with van der Waals surface area (Å²) in [6.45, 7) is 6.46. The fraction of sp³-hybridized carbons (Fsp3) is 0.625. The van der Waals surface area contributed by atoms with Crippen LogP contribution >= 0.6 is 0 Å². The number of rotatable bonds is 3. The fourth-order valence-electron chi connectivity index (χ4n) is 0.699. The molecule has 2 nitrogen and oxygen atoms in total. The first-order chi connectivity index (χ1) is 4.72. The maximum atomic E-state index is 11.0. The van der Waals surface area contributed by atoms with Crippen LogP contribution in [0.25, 0.3) is 0 Å². The van der Waals surface area contributed by atoms with Crippen LogP contribution in [0.5, 0.6) is 0 Å². The molecule has 0 spiro atoms. The van der Waals surface area contributed by atoms with Crippen molar-refractivity contribution in [1.82, 2.24) is 5.32 Å². The molecule has 0 aromatic carbocycles. The second kappa shape index (κ2) is 5.03. The largest absolute Gasteiger partial charge is 0.353 e. The normalized spacial score (nSPS) is 11.3. The molecule has 10 heavy (non-hydrogen) atoms. The smallest absolute Gasteiger partial charge is 0.246 e. The summed E-state index contributed by atoms with van der Waals surface area (Å²) in [6, 6.07) is 0. The molecule has 0 aromatic heterocycles. The molecule has 0 aliphatic heterocycles. The molecule has 58 valence electrons. The minimum Gasteiger partial charge on any atom is -0.353 e. The van der Waals surface area contributed by atoms with Crippen LogP contribution in [-0.2, 0) is 4.79 Å². The summed E-state index contributed by atoms with van der Waals surface area (Å²) in [6.07, 6.45) is 2.84. The number of nitrogens with one attached hydrogen (secondary N) is 1. The third kappa shape index (κ3) is 3.28. The van der Waals surface area contributed by atoms with Gasteiger partial charge in [-0.25, -0.2) is 0 Å². The number of carbonyl (C=O) groups is 1. The molecule has 0 bridgehead atoms. The molecule has 0 radical (unpaired) electrons. The summed E-state index contributed by atoms with van der Waals surface area (Å²) in [5.74, 6) is 0.0457. The van der Waals surface area contributed by atoms with E-state index in [-0.39, 0.29) is 5.91 Å². The van der Waals surface area contributed by atoms with Crippen molar-refractivity contribution in [2.24, 2.45) is 0 Å². The zero-order valence-electron chi connectivity index (χ0n) is 6.90. The second-order valence-electron chi connectivity index (χ2n) is 2.15. The van der Waals surface area contributed by atoms with Crippen LogP contribution < -0.4 is 5.32 Å². The molecule has 2 heteroatoms. The fourth-order valence-corrected chi connectivity index (χ4v) is 0.699. The summed E-state index contributed by atoms with van der Waals surface area (Å²) in [5.41, 5.74) is 0.810. The van der Waals surface area contributed by atoms with Crippen molar-refractivity contribution in [3.05, 3.63) is 11.6 Å². The van der Waals surface area contributed by atoms with Gasteiger partial charge in [-0.05, 0) is 20.3 Å². The van der Waals surface area contributed by atoms with Gasteiger partial charge in [-0.3, -0.25) is 4.79 Å². The molecule has 0 heterocycles. The van der Waals surface area contributed by atoms with Crippen molar-refractivity contribution < 1.29 is 4.79 Å². The van der Waals surface area contributed by atoms with Gasteiger partial charge in [0.1, 0.15) is 0 Å². The van der Waals surface area contributed by atoms with Gasteiger partial charge in [0.15, 0.2) is 0 Å². The van der Waals surface area contributed by atoms with E-state index in [4.69, 9.17) is 0 Å². The van der Waals surface area contributed by atoms with Gasteiger partial charge in [0, 0.05) is 12.1 Å². The highest BCUT2D eigenvalue weighted by Gasteiger charge is 1.98. The molecular weight excluding hydrogens is 126 g/mol. The predicted octanol–water partition coefficient (Wildman–Crippen LogP) is 1.48. The Hall–Kier alpha value is -0.790. The number of carbonyl (C=O) groups excluding carboxylic acids is 1. The number of likely N-dealkylation sites (N-methyl/N-ethyl adjacent to an activating group) is 1. The summed E-state index contributed by atoms with van der Waals surface area (Å²) in [4.78, 5) is 11.0. The lowest BCUT2D eigenvalue weighted by molar-refractivity contribution is -0.117. The molecule has 0 saturated heterocycles. The first-order valence-electron chi connectivity index (χ1n) is 3.67. The second-order valence-corrected chi connectivity index (χ2v) is 2.15. The summed E-state index contributed by atoms with van der Waals surface area (Å²) in [7, 11) is 0. The Morgan fingerprint density at radius 1 is 1.50 bits per heavy atom. The molecule has 0 aliphatic carbocycles. The van der Waals surface area contributed by atoms with Crippen LogP contribution in [0.1, 0.15) is 27.2 Å².